The van der Waals surface area contributed by atoms with Gasteiger partial charge in [0, 0.05) is 18.0 Å². The van der Waals surface area contributed by atoms with Crippen LogP contribution in [0, 0.1) is 5.92 Å². The van der Waals surface area contributed by atoms with Crippen LogP contribution in [0.4, 0.5) is 0 Å². The van der Waals surface area contributed by atoms with Crippen LogP contribution in [0.3, 0.4) is 0 Å². The van der Waals surface area contributed by atoms with Gasteiger partial charge in [0.1, 0.15) is 11.6 Å². The van der Waals surface area contributed by atoms with Crippen molar-refractivity contribution in [3.05, 3.63) is 76.3 Å². The second-order valence-electron chi connectivity index (χ2n) is 11.4. The van der Waals surface area contributed by atoms with Gasteiger partial charge in [-0.3, -0.25) is 14.4 Å². The molecule has 1 fully saturated rings. The molecule has 0 radical (unpaired) electrons. The van der Waals surface area contributed by atoms with E-state index in [2.05, 4.69) is 47.2 Å². The van der Waals surface area contributed by atoms with Crippen LogP contribution in [-0.4, -0.2) is 48.4 Å². The molecule has 0 bridgehead atoms. The van der Waals surface area contributed by atoms with Crippen LogP contribution in [0.2, 0.25) is 5.02 Å². The maximum absolute atomic E-state index is 13.9. The molecule has 4 rings (SSSR count). The van der Waals surface area contributed by atoms with E-state index < -0.39 is 17.6 Å². The Balaban J connectivity index is 1.64. The molecule has 4 N–H and O–H groups in total. The van der Waals surface area contributed by atoms with E-state index in [0.717, 1.165) is 43.2 Å². The molecule has 2 aromatic carbocycles. The van der Waals surface area contributed by atoms with Gasteiger partial charge in [0.2, 0.25) is 17.7 Å². The highest BCUT2D eigenvalue weighted by Crippen LogP contribution is 2.31. The minimum absolute atomic E-state index is 0.0960. The highest BCUT2D eigenvalue weighted by Gasteiger charge is 2.45. The van der Waals surface area contributed by atoms with Crippen LogP contribution in [0.15, 0.2) is 54.6 Å². The predicted molar refractivity (Wildman–Crippen MR) is 164 cm³/mol. The van der Waals surface area contributed by atoms with E-state index >= 15 is 0 Å². The summed E-state index contributed by atoms with van der Waals surface area (Å²) in [6.45, 7) is 5.16. The Hall–Kier alpha value is -3.16. The molecule has 3 unspecified atom stereocenters. The van der Waals surface area contributed by atoms with Crippen LogP contribution in [0.25, 0.3) is 6.08 Å². The van der Waals surface area contributed by atoms with Gasteiger partial charge in [0.05, 0.1) is 6.04 Å². The lowest BCUT2D eigenvalue weighted by molar-refractivity contribution is -0.137. The normalized spacial score (nSPS) is 23.8. The number of hydrogen-bond donors (Lipinski definition) is 4. The SMILES string of the molecule is CCC(C)C1NCCCc2ccccc2/C=C\CNC(=O)C(Cc2cccc(Cl)c2)NC(=O)C2(CCCC2)NC1=O. The van der Waals surface area contributed by atoms with Crippen molar-refractivity contribution in [3.63, 3.8) is 0 Å². The van der Waals surface area contributed by atoms with Crippen molar-refractivity contribution >= 4 is 35.4 Å². The summed E-state index contributed by atoms with van der Waals surface area (Å²) in [6.07, 6.45) is 9.58. The molecule has 41 heavy (non-hydrogen) atoms. The second kappa shape index (κ2) is 14.6. The Morgan fingerprint density at radius 2 is 1.78 bits per heavy atom. The Bertz CT molecular complexity index is 1240. The van der Waals surface area contributed by atoms with Crippen molar-refractivity contribution < 1.29 is 14.4 Å². The number of carbonyl (C=O) groups excluding carboxylic acids is 3. The number of nitrogens with one attached hydrogen (secondary N) is 4. The number of benzene rings is 2. The average Bonchev–Trinajstić information content (AvgIpc) is 3.44. The van der Waals surface area contributed by atoms with Crippen molar-refractivity contribution in [3.8, 4) is 0 Å². The molecule has 2 aliphatic rings. The first-order valence-corrected chi connectivity index (χ1v) is 15.3. The van der Waals surface area contributed by atoms with Crippen molar-refractivity contribution in [2.45, 2.75) is 82.8 Å². The van der Waals surface area contributed by atoms with Crippen LogP contribution in [-0.2, 0) is 27.2 Å². The van der Waals surface area contributed by atoms with Gasteiger partial charge in [0.15, 0.2) is 0 Å². The fourth-order valence-corrected chi connectivity index (χ4v) is 6.04. The van der Waals surface area contributed by atoms with Gasteiger partial charge in [-0.25, -0.2) is 0 Å². The molecule has 1 aliphatic carbocycles. The largest absolute Gasteiger partial charge is 0.351 e. The number of hydrogen-bond acceptors (Lipinski definition) is 4. The van der Waals surface area contributed by atoms with Crippen molar-refractivity contribution in [2.24, 2.45) is 5.92 Å². The lowest BCUT2D eigenvalue weighted by atomic mass is 9.92. The Kier molecular flexibility index (Phi) is 11.0. The van der Waals surface area contributed by atoms with Crippen LogP contribution < -0.4 is 21.3 Å². The standard InChI is InChI=1S/C33H43ClN4O3/c1-3-23(2)29-31(40)38-33(17-6-7-18-33)32(41)37-28(22-24-11-8-16-27(34)21-24)30(39)36-20-10-15-26-13-5-4-12-25(26)14-9-19-35-29/h4-5,8,10-13,15-16,21,23,28-29,35H,3,6-7,9,14,17-20,22H2,1-2H3,(H,36,39)(H,37,41)(H,38,40)/b15-10-. The number of rotatable bonds is 4. The second-order valence-corrected chi connectivity index (χ2v) is 11.8. The number of halogens is 1. The highest BCUT2D eigenvalue weighted by molar-refractivity contribution is 6.30. The summed E-state index contributed by atoms with van der Waals surface area (Å²) in [5.41, 5.74) is 2.13. The van der Waals surface area contributed by atoms with Gasteiger partial charge in [-0.1, -0.05) is 93.3 Å². The van der Waals surface area contributed by atoms with Crippen LogP contribution in [0.1, 0.15) is 69.1 Å². The van der Waals surface area contributed by atoms with E-state index in [-0.39, 0.29) is 30.1 Å². The minimum Gasteiger partial charge on any atom is -0.351 e. The van der Waals surface area contributed by atoms with Gasteiger partial charge in [-0.2, -0.15) is 0 Å². The van der Waals surface area contributed by atoms with E-state index in [4.69, 9.17) is 11.6 Å². The van der Waals surface area contributed by atoms with Gasteiger partial charge >= 0.3 is 0 Å². The zero-order chi connectivity index (χ0) is 29.2. The first kappa shape index (κ1) is 30.8. The van der Waals surface area contributed by atoms with E-state index in [0.29, 0.717) is 31.0 Å². The summed E-state index contributed by atoms with van der Waals surface area (Å²) in [7, 11) is 0. The monoisotopic (exact) mass is 578 g/mol. The van der Waals surface area contributed by atoms with Gasteiger partial charge in [0.25, 0.3) is 0 Å². The highest BCUT2D eigenvalue weighted by atomic mass is 35.5. The summed E-state index contributed by atoms with van der Waals surface area (Å²) in [5.74, 6) is -0.648. The topological polar surface area (TPSA) is 99.3 Å². The number of amides is 3. The van der Waals surface area contributed by atoms with Gasteiger partial charge < -0.3 is 21.3 Å². The molecule has 1 aliphatic heterocycles. The molecule has 1 saturated carbocycles. The first-order chi connectivity index (χ1) is 19.8. The molecule has 3 atom stereocenters. The molecule has 3 amide bonds. The molecule has 2 aromatic rings. The average molecular weight is 579 g/mol. The smallest absolute Gasteiger partial charge is 0.246 e. The van der Waals surface area contributed by atoms with Crippen molar-refractivity contribution in [1.82, 2.24) is 21.3 Å². The molecular weight excluding hydrogens is 536 g/mol. The molecule has 1 spiro atoms. The molecule has 8 heteroatoms. The van der Waals surface area contributed by atoms with Gasteiger partial charge in [-0.15, -0.1) is 0 Å². The molecule has 0 saturated heterocycles. The lowest BCUT2D eigenvalue weighted by Crippen LogP contribution is -2.63. The zero-order valence-corrected chi connectivity index (χ0v) is 24.9. The number of aryl methyl sites for hydroxylation is 1. The number of carbonyl (C=O) groups is 3. The Labute approximate surface area is 248 Å². The van der Waals surface area contributed by atoms with Crippen LogP contribution >= 0.6 is 11.6 Å². The van der Waals surface area contributed by atoms with Crippen molar-refractivity contribution in [1.29, 1.82) is 0 Å². The van der Waals surface area contributed by atoms with Gasteiger partial charge in [-0.05, 0) is 67.0 Å². The maximum atomic E-state index is 13.9. The fraction of sp³-hybridized carbons (Fsp3) is 0.485. The maximum Gasteiger partial charge on any atom is 0.246 e. The summed E-state index contributed by atoms with van der Waals surface area (Å²) >= 11 is 6.22. The lowest BCUT2D eigenvalue weighted by Gasteiger charge is -2.34. The third-order valence-corrected chi connectivity index (χ3v) is 8.67. The van der Waals surface area contributed by atoms with Crippen LogP contribution in [0.5, 0.6) is 0 Å². The van der Waals surface area contributed by atoms with E-state index in [9.17, 15) is 14.4 Å². The summed E-state index contributed by atoms with van der Waals surface area (Å²) in [4.78, 5) is 41.1. The third-order valence-electron chi connectivity index (χ3n) is 8.43. The molecule has 7 nitrogen and oxygen atoms in total. The predicted octanol–water partition coefficient (Wildman–Crippen LogP) is 4.58. The van der Waals surface area contributed by atoms with Crippen molar-refractivity contribution in [2.75, 3.05) is 13.1 Å². The fourth-order valence-electron chi connectivity index (χ4n) is 5.82. The third kappa shape index (κ3) is 8.20. The Morgan fingerprint density at radius 3 is 2.54 bits per heavy atom. The summed E-state index contributed by atoms with van der Waals surface area (Å²) < 4.78 is 0. The first-order valence-electron chi connectivity index (χ1n) is 14.9. The van der Waals surface area contributed by atoms with E-state index in [1.807, 2.05) is 36.4 Å². The number of fused-ring (bicyclic) bond motifs is 1. The molecular formula is C33H43ClN4O3. The molecule has 0 aromatic heterocycles. The van der Waals surface area contributed by atoms with E-state index in [1.165, 1.54) is 5.56 Å². The molecule has 220 valence electrons. The summed E-state index contributed by atoms with van der Waals surface area (Å²) in [5, 5.41) is 13.2. The zero-order valence-electron chi connectivity index (χ0n) is 24.2. The molecule has 1 heterocycles. The minimum atomic E-state index is -1.04. The summed E-state index contributed by atoms with van der Waals surface area (Å²) in [6, 6.07) is 14.3. The van der Waals surface area contributed by atoms with E-state index in [1.54, 1.807) is 12.1 Å². The quantitative estimate of drug-likeness (QED) is 0.427. The Morgan fingerprint density at radius 1 is 1.00 bits per heavy atom.